The van der Waals surface area contributed by atoms with E-state index in [0.29, 0.717) is 16.5 Å². The first kappa shape index (κ1) is 18.0. The van der Waals surface area contributed by atoms with E-state index in [0.717, 1.165) is 12.2 Å². The fourth-order valence-electron chi connectivity index (χ4n) is 2.38. The number of amides is 1. The molecule has 1 unspecified atom stereocenters. The SMILES string of the molecule is CCn1ccc(C(C)NC(=O)c2ccn(COc3ccccc3Cl)n2)n1. The molecule has 1 atom stereocenters. The molecule has 3 aromatic rings. The molecule has 0 spiro atoms. The Hall–Kier alpha value is -2.80. The topological polar surface area (TPSA) is 74.0 Å². The van der Waals surface area contributed by atoms with Crippen LogP contribution < -0.4 is 10.1 Å². The number of carbonyl (C=O) groups is 1. The number of aromatic nitrogens is 4. The van der Waals surface area contributed by atoms with Crippen molar-refractivity contribution in [3.05, 3.63) is 65.2 Å². The zero-order valence-electron chi connectivity index (χ0n) is 14.6. The van der Waals surface area contributed by atoms with Gasteiger partial charge < -0.3 is 10.1 Å². The van der Waals surface area contributed by atoms with Crippen LogP contribution in [0.1, 0.15) is 36.1 Å². The number of hydrogen-bond donors (Lipinski definition) is 1. The van der Waals surface area contributed by atoms with Gasteiger partial charge >= 0.3 is 0 Å². The van der Waals surface area contributed by atoms with E-state index >= 15 is 0 Å². The summed E-state index contributed by atoms with van der Waals surface area (Å²) in [6.07, 6.45) is 3.57. The lowest BCUT2D eigenvalue weighted by Gasteiger charge is -2.10. The molecular formula is C18H20ClN5O2. The number of benzene rings is 1. The van der Waals surface area contributed by atoms with Gasteiger partial charge in [-0.05, 0) is 38.1 Å². The van der Waals surface area contributed by atoms with Crippen LogP contribution in [0.3, 0.4) is 0 Å². The summed E-state index contributed by atoms with van der Waals surface area (Å²) >= 11 is 6.05. The summed E-state index contributed by atoms with van der Waals surface area (Å²) in [5.74, 6) is 0.302. The molecule has 7 nitrogen and oxygen atoms in total. The minimum Gasteiger partial charge on any atom is -0.470 e. The van der Waals surface area contributed by atoms with Gasteiger partial charge in [0.2, 0.25) is 0 Å². The van der Waals surface area contributed by atoms with Gasteiger partial charge in [-0.3, -0.25) is 9.48 Å². The Morgan fingerprint density at radius 1 is 1.19 bits per heavy atom. The fourth-order valence-corrected chi connectivity index (χ4v) is 2.57. The lowest BCUT2D eigenvalue weighted by Crippen LogP contribution is -2.27. The van der Waals surface area contributed by atoms with Gasteiger partial charge in [-0.25, -0.2) is 4.68 Å². The first-order chi connectivity index (χ1) is 12.6. The summed E-state index contributed by atoms with van der Waals surface area (Å²) in [6, 6.07) is 10.5. The van der Waals surface area contributed by atoms with E-state index in [1.165, 1.54) is 4.68 Å². The van der Waals surface area contributed by atoms with Crippen LogP contribution in [0.4, 0.5) is 0 Å². The summed E-state index contributed by atoms with van der Waals surface area (Å²) in [6.45, 7) is 4.85. The maximum atomic E-state index is 12.4. The highest BCUT2D eigenvalue weighted by Crippen LogP contribution is 2.23. The average molecular weight is 374 g/mol. The molecule has 0 fully saturated rings. The van der Waals surface area contributed by atoms with Gasteiger partial charge in [0, 0.05) is 18.9 Å². The number of para-hydroxylation sites is 1. The van der Waals surface area contributed by atoms with Crippen molar-refractivity contribution in [1.82, 2.24) is 24.9 Å². The lowest BCUT2D eigenvalue weighted by atomic mass is 10.2. The number of ether oxygens (including phenoxy) is 1. The number of hydrogen-bond acceptors (Lipinski definition) is 4. The molecule has 26 heavy (non-hydrogen) atoms. The van der Waals surface area contributed by atoms with Crippen molar-refractivity contribution in [2.45, 2.75) is 33.2 Å². The monoisotopic (exact) mass is 373 g/mol. The summed E-state index contributed by atoms with van der Waals surface area (Å²) in [5.41, 5.74) is 1.12. The van der Waals surface area contributed by atoms with Crippen LogP contribution in [-0.4, -0.2) is 25.5 Å². The molecule has 2 aromatic heterocycles. The van der Waals surface area contributed by atoms with E-state index < -0.39 is 0 Å². The van der Waals surface area contributed by atoms with Crippen molar-refractivity contribution >= 4 is 17.5 Å². The number of nitrogens with zero attached hydrogens (tertiary/aromatic N) is 4. The molecule has 3 rings (SSSR count). The molecular weight excluding hydrogens is 354 g/mol. The molecule has 0 aliphatic heterocycles. The Kier molecular flexibility index (Phi) is 5.58. The predicted octanol–water partition coefficient (Wildman–Crippen LogP) is 3.28. The molecule has 0 bridgehead atoms. The molecule has 0 radical (unpaired) electrons. The highest BCUT2D eigenvalue weighted by Gasteiger charge is 2.16. The second kappa shape index (κ2) is 8.05. The Morgan fingerprint density at radius 2 is 1.96 bits per heavy atom. The Morgan fingerprint density at radius 3 is 2.69 bits per heavy atom. The normalized spacial score (nSPS) is 12.0. The van der Waals surface area contributed by atoms with Gasteiger partial charge in [-0.2, -0.15) is 10.2 Å². The van der Waals surface area contributed by atoms with Crippen LogP contribution in [0.15, 0.2) is 48.8 Å². The van der Waals surface area contributed by atoms with Crippen molar-refractivity contribution in [2.75, 3.05) is 0 Å². The molecule has 0 aliphatic rings. The van der Waals surface area contributed by atoms with Crippen molar-refractivity contribution in [3.63, 3.8) is 0 Å². The van der Waals surface area contributed by atoms with Crippen LogP contribution in [0.5, 0.6) is 5.75 Å². The Labute approximate surface area is 156 Å². The molecule has 2 heterocycles. The molecule has 1 aromatic carbocycles. The summed E-state index contributed by atoms with van der Waals surface area (Å²) in [5, 5.41) is 12.0. The molecule has 136 valence electrons. The number of carbonyl (C=O) groups excluding carboxylic acids is 1. The van der Waals surface area contributed by atoms with E-state index in [-0.39, 0.29) is 18.7 Å². The molecule has 1 N–H and O–H groups in total. The van der Waals surface area contributed by atoms with Crippen LogP contribution in [0, 0.1) is 0 Å². The van der Waals surface area contributed by atoms with Crippen LogP contribution >= 0.6 is 11.6 Å². The summed E-state index contributed by atoms with van der Waals surface area (Å²) in [7, 11) is 0. The van der Waals surface area contributed by atoms with Crippen molar-refractivity contribution in [2.24, 2.45) is 0 Å². The number of nitrogens with one attached hydrogen (secondary N) is 1. The lowest BCUT2D eigenvalue weighted by molar-refractivity contribution is 0.0932. The molecule has 8 heteroatoms. The maximum absolute atomic E-state index is 12.4. The molecule has 0 aliphatic carbocycles. The van der Waals surface area contributed by atoms with E-state index in [9.17, 15) is 4.79 Å². The largest absolute Gasteiger partial charge is 0.470 e. The first-order valence-corrected chi connectivity index (χ1v) is 8.69. The smallest absolute Gasteiger partial charge is 0.272 e. The van der Waals surface area contributed by atoms with Gasteiger partial charge in [-0.15, -0.1) is 0 Å². The standard InChI is InChI=1S/C18H20ClN5O2/c1-3-23-10-8-15(21-23)13(2)20-18(25)16-9-11-24(22-16)12-26-17-7-5-4-6-14(17)19/h4-11,13H,3,12H2,1-2H3,(H,20,25). The maximum Gasteiger partial charge on any atom is 0.272 e. The van der Waals surface area contributed by atoms with Gasteiger partial charge in [0.25, 0.3) is 5.91 Å². The highest BCUT2D eigenvalue weighted by atomic mass is 35.5. The number of halogens is 1. The first-order valence-electron chi connectivity index (χ1n) is 8.32. The van der Waals surface area contributed by atoms with Crippen molar-refractivity contribution < 1.29 is 9.53 Å². The van der Waals surface area contributed by atoms with Gasteiger partial charge in [0.1, 0.15) is 11.4 Å². The second-order valence-corrected chi connectivity index (χ2v) is 6.14. The Bertz CT molecular complexity index is 889. The van der Waals surface area contributed by atoms with Crippen molar-refractivity contribution in [3.8, 4) is 5.75 Å². The molecule has 0 saturated heterocycles. The van der Waals surface area contributed by atoms with E-state index in [4.69, 9.17) is 16.3 Å². The number of rotatable bonds is 7. The minimum atomic E-state index is -0.264. The fraction of sp³-hybridized carbons (Fsp3) is 0.278. The zero-order valence-corrected chi connectivity index (χ0v) is 15.3. The third kappa shape index (κ3) is 4.23. The van der Waals surface area contributed by atoms with Crippen LogP contribution in [0.2, 0.25) is 5.02 Å². The van der Waals surface area contributed by atoms with Gasteiger partial charge in [0.15, 0.2) is 6.73 Å². The third-order valence-electron chi connectivity index (χ3n) is 3.84. The number of aryl methyl sites for hydroxylation is 1. The van der Waals surface area contributed by atoms with E-state index in [2.05, 4.69) is 15.5 Å². The predicted molar refractivity (Wildman–Crippen MR) is 98.1 cm³/mol. The van der Waals surface area contributed by atoms with E-state index in [1.54, 1.807) is 24.4 Å². The van der Waals surface area contributed by atoms with Crippen LogP contribution in [-0.2, 0) is 13.3 Å². The third-order valence-corrected chi connectivity index (χ3v) is 4.15. The molecule has 0 saturated carbocycles. The van der Waals surface area contributed by atoms with Gasteiger partial charge in [-0.1, -0.05) is 23.7 Å². The average Bonchev–Trinajstić information content (AvgIpc) is 3.30. The summed E-state index contributed by atoms with van der Waals surface area (Å²) in [4.78, 5) is 12.4. The quantitative estimate of drug-likeness (QED) is 0.689. The highest BCUT2D eigenvalue weighted by molar-refractivity contribution is 6.32. The van der Waals surface area contributed by atoms with E-state index in [1.807, 2.05) is 42.9 Å². The van der Waals surface area contributed by atoms with Crippen LogP contribution in [0.25, 0.3) is 0 Å². The zero-order chi connectivity index (χ0) is 18.5. The summed E-state index contributed by atoms with van der Waals surface area (Å²) < 4.78 is 8.96. The second-order valence-electron chi connectivity index (χ2n) is 5.74. The van der Waals surface area contributed by atoms with Crippen molar-refractivity contribution in [1.29, 1.82) is 0 Å². The molecule has 1 amide bonds. The van der Waals surface area contributed by atoms with Gasteiger partial charge in [0.05, 0.1) is 16.8 Å². The Balaban J connectivity index is 1.58. The minimum absolute atomic E-state index is 0.160.